The zero-order chi connectivity index (χ0) is 22.7. The van der Waals surface area contributed by atoms with E-state index in [2.05, 4.69) is 48.6 Å². The lowest BCUT2D eigenvalue weighted by Gasteiger charge is -2.36. The van der Waals surface area contributed by atoms with Crippen LogP contribution < -0.4 is 5.32 Å². The van der Waals surface area contributed by atoms with Gasteiger partial charge in [-0.25, -0.2) is 4.79 Å². The lowest BCUT2D eigenvalue weighted by Crippen LogP contribution is -2.36. The molecule has 0 amide bonds. The minimum atomic E-state index is -0.397. The normalized spacial score (nSPS) is 20.7. The van der Waals surface area contributed by atoms with E-state index < -0.39 is 5.92 Å². The minimum absolute atomic E-state index is 0.102. The maximum atomic E-state index is 13.5. The summed E-state index contributed by atoms with van der Waals surface area (Å²) in [5.41, 5.74) is 6.34. The fourth-order valence-corrected chi connectivity index (χ4v) is 4.82. The Hall–Kier alpha value is -3.14. The van der Waals surface area contributed by atoms with Crippen molar-refractivity contribution in [3.05, 3.63) is 93.8 Å². The molecule has 0 saturated carbocycles. The Labute approximate surface area is 190 Å². The van der Waals surface area contributed by atoms with Crippen molar-refractivity contribution >= 4 is 11.8 Å². The number of ether oxygens (including phenoxy) is 1. The minimum Gasteiger partial charge on any atom is -0.462 e. The average Bonchev–Trinajstić information content (AvgIpc) is 2.82. The molecule has 0 aromatic heterocycles. The molecule has 0 bridgehead atoms. The summed E-state index contributed by atoms with van der Waals surface area (Å²) in [6.45, 7) is 6.37. The lowest BCUT2D eigenvalue weighted by atomic mass is 9.71. The molecule has 2 aromatic rings. The van der Waals surface area contributed by atoms with Gasteiger partial charge >= 0.3 is 5.97 Å². The van der Waals surface area contributed by atoms with Gasteiger partial charge in [0.15, 0.2) is 5.78 Å². The Morgan fingerprint density at radius 2 is 1.72 bits per heavy atom. The molecule has 2 aromatic carbocycles. The first-order valence-corrected chi connectivity index (χ1v) is 11.6. The van der Waals surface area contributed by atoms with Crippen LogP contribution in [0.3, 0.4) is 0 Å². The van der Waals surface area contributed by atoms with Crippen LogP contribution >= 0.6 is 0 Å². The Balaban J connectivity index is 1.77. The van der Waals surface area contributed by atoms with Crippen LogP contribution in [-0.4, -0.2) is 18.4 Å². The summed E-state index contributed by atoms with van der Waals surface area (Å²) in [5.74, 6) is -0.499. The fraction of sp³-hybridized carbons (Fsp3) is 0.357. The number of ketones is 1. The van der Waals surface area contributed by atoms with E-state index in [0.29, 0.717) is 18.6 Å². The number of carbonyl (C=O) groups excluding carboxylic acids is 2. The number of esters is 1. The highest BCUT2D eigenvalue weighted by Crippen LogP contribution is 2.45. The predicted molar refractivity (Wildman–Crippen MR) is 126 cm³/mol. The number of benzene rings is 2. The van der Waals surface area contributed by atoms with Crippen molar-refractivity contribution in [1.29, 1.82) is 0 Å². The highest BCUT2D eigenvalue weighted by molar-refractivity contribution is 6.04. The first-order valence-electron chi connectivity index (χ1n) is 11.6. The monoisotopic (exact) mass is 429 g/mol. The second-order valence-electron chi connectivity index (χ2n) is 8.66. The molecular formula is C28H31NO3. The summed E-state index contributed by atoms with van der Waals surface area (Å²) >= 11 is 0. The molecule has 1 N–H and O–H groups in total. The van der Waals surface area contributed by atoms with Crippen LogP contribution in [0.1, 0.15) is 68.6 Å². The molecule has 0 radical (unpaired) electrons. The van der Waals surface area contributed by atoms with Crippen molar-refractivity contribution in [2.45, 2.75) is 58.3 Å². The van der Waals surface area contributed by atoms with Gasteiger partial charge in [0.2, 0.25) is 0 Å². The van der Waals surface area contributed by atoms with E-state index in [0.717, 1.165) is 41.8 Å². The standard InChI is InChI=1S/C28H31NO3/c1-4-15-32-28(31)25-18(3)29-23-16-22(20-9-7-6-8-10-20)17-24(30)27(23)26(25)21-13-11-19(5-2)12-14-21/h6-14,22,26,29H,4-5,15-17H2,1-3H3/t22-,26-/m0/s1. The number of dihydropyridines is 1. The molecule has 0 spiro atoms. The first-order chi connectivity index (χ1) is 15.5. The molecule has 4 nitrogen and oxygen atoms in total. The topological polar surface area (TPSA) is 55.4 Å². The number of hydrogen-bond donors (Lipinski definition) is 1. The van der Waals surface area contributed by atoms with Crippen LogP contribution in [0.25, 0.3) is 0 Å². The largest absolute Gasteiger partial charge is 0.462 e. The van der Waals surface area contributed by atoms with Crippen LogP contribution in [0, 0.1) is 0 Å². The van der Waals surface area contributed by atoms with Crippen molar-refractivity contribution in [2.24, 2.45) is 0 Å². The highest BCUT2D eigenvalue weighted by atomic mass is 16.5. The van der Waals surface area contributed by atoms with E-state index in [1.807, 2.05) is 32.0 Å². The number of allylic oxidation sites excluding steroid dienone is 3. The summed E-state index contributed by atoms with van der Waals surface area (Å²) in [6.07, 6.45) is 2.90. The summed E-state index contributed by atoms with van der Waals surface area (Å²) in [7, 11) is 0. The van der Waals surface area contributed by atoms with Crippen molar-refractivity contribution < 1.29 is 14.3 Å². The zero-order valence-electron chi connectivity index (χ0n) is 19.1. The Kier molecular flexibility index (Phi) is 6.59. The first kappa shape index (κ1) is 22.1. The second kappa shape index (κ2) is 9.56. The number of carbonyl (C=O) groups is 2. The molecule has 2 atom stereocenters. The second-order valence-corrected chi connectivity index (χ2v) is 8.66. The molecule has 166 valence electrons. The van der Waals surface area contributed by atoms with Gasteiger partial charge in [-0.05, 0) is 48.8 Å². The van der Waals surface area contributed by atoms with Crippen molar-refractivity contribution in [3.8, 4) is 0 Å². The number of nitrogens with one attached hydrogen (secondary N) is 1. The maximum absolute atomic E-state index is 13.5. The molecule has 0 fully saturated rings. The molecule has 32 heavy (non-hydrogen) atoms. The van der Waals surface area contributed by atoms with Gasteiger partial charge in [0.05, 0.1) is 12.2 Å². The number of rotatable bonds is 6. The molecule has 0 saturated heterocycles. The number of aryl methyl sites for hydroxylation is 1. The van der Waals surface area contributed by atoms with E-state index in [-0.39, 0.29) is 17.7 Å². The van der Waals surface area contributed by atoms with Gasteiger partial charge in [-0.15, -0.1) is 0 Å². The van der Waals surface area contributed by atoms with Gasteiger partial charge in [0.1, 0.15) is 0 Å². The fourth-order valence-electron chi connectivity index (χ4n) is 4.82. The third-order valence-electron chi connectivity index (χ3n) is 6.48. The van der Waals surface area contributed by atoms with Gasteiger partial charge in [0, 0.05) is 29.3 Å². The van der Waals surface area contributed by atoms with E-state index in [9.17, 15) is 9.59 Å². The summed E-state index contributed by atoms with van der Waals surface area (Å²) in [6, 6.07) is 18.5. The van der Waals surface area contributed by atoms with Crippen LogP contribution in [0.15, 0.2) is 77.1 Å². The number of Topliss-reactive ketones (excluding diaryl/α,β-unsaturated/α-hetero) is 1. The molecule has 2 aliphatic rings. The Morgan fingerprint density at radius 1 is 1.00 bits per heavy atom. The molecular weight excluding hydrogens is 398 g/mol. The Morgan fingerprint density at radius 3 is 2.38 bits per heavy atom. The van der Waals surface area contributed by atoms with Gasteiger partial charge < -0.3 is 10.1 Å². The van der Waals surface area contributed by atoms with Crippen LogP contribution in [0.5, 0.6) is 0 Å². The summed E-state index contributed by atoms with van der Waals surface area (Å²) in [5, 5.41) is 3.42. The third kappa shape index (κ3) is 4.27. The molecule has 1 aliphatic heterocycles. The molecule has 4 heteroatoms. The van der Waals surface area contributed by atoms with E-state index in [1.165, 1.54) is 11.1 Å². The van der Waals surface area contributed by atoms with Crippen LogP contribution in [0.4, 0.5) is 0 Å². The Bertz CT molecular complexity index is 1060. The third-order valence-corrected chi connectivity index (χ3v) is 6.48. The van der Waals surface area contributed by atoms with Crippen molar-refractivity contribution in [3.63, 3.8) is 0 Å². The summed E-state index contributed by atoms with van der Waals surface area (Å²) in [4.78, 5) is 26.6. The van der Waals surface area contributed by atoms with Crippen molar-refractivity contribution in [2.75, 3.05) is 6.61 Å². The van der Waals surface area contributed by atoms with E-state index >= 15 is 0 Å². The molecule has 4 rings (SSSR count). The maximum Gasteiger partial charge on any atom is 0.336 e. The van der Waals surface area contributed by atoms with Gasteiger partial charge in [-0.2, -0.15) is 0 Å². The molecule has 0 unspecified atom stereocenters. The van der Waals surface area contributed by atoms with Gasteiger partial charge in [-0.1, -0.05) is 68.4 Å². The average molecular weight is 430 g/mol. The zero-order valence-corrected chi connectivity index (χ0v) is 19.1. The lowest BCUT2D eigenvalue weighted by molar-refractivity contribution is -0.139. The number of hydrogen-bond acceptors (Lipinski definition) is 4. The van der Waals surface area contributed by atoms with Gasteiger partial charge in [0.25, 0.3) is 0 Å². The smallest absolute Gasteiger partial charge is 0.336 e. The van der Waals surface area contributed by atoms with E-state index in [4.69, 9.17) is 4.74 Å². The van der Waals surface area contributed by atoms with Gasteiger partial charge in [-0.3, -0.25) is 4.79 Å². The van der Waals surface area contributed by atoms with E-state index in [1.54, 1.807) is 0 Å². The van der Waals surface area contributed by atoms with Crippen LogP contribution in [-0.2, 0) is 20.7 Å². The van der Waals surface area contributed by atoms with Crippen molar-refractivity contribution in [1.82, 2.24) is 5.32 Å². The predicted octanol–water partition coefficient (Wildman–Crippen LogP) is 5.56. The SMILES string of the molecule is CCCOC(=O)C1=C(C)NC2=C(C(=O)C[C@@H](c3ccccc3)C2)[C@H]1c1ccc(CC)cc1. The highest BCUT2D eigenvalue weighted by Gasteiger charge is 2.41. The molecule has 1 heterocycles. The van der Waals surface area contributed by atoms with Crippen LogP contribution in [0.2, 0.25) is 0 Å². The quantitative estimate of drug-likeness (QED) is 0.611. The summed E-state index contributed by atoms with van der Waals surface area (Å²) < 4.78 is 5.53. The molecule has 1 aliphatic carbocycles.